The largest absolute Gasteiger partial charge is 0.396 e. The molecule has 0 heterocycles. The Labute approximate surface area is 94.1 Å². The van der Waals surface area contributed by atoms with Crippen molar-refractivity contribution in [2.45, 2.75) is 24.3 Å². The van der Waals surface area contributed by atoms with Gasteiger partial charge in [0, 0.05) is 18.6 Å². The van der Waals surface area contributed by atoms with Crippen LogP contribution < -0.4 is 0 Å². The first-order valence-corrected chi connectivity index (χ1v) is 6.17. The van der Waals surface area contributed by atoms with Gasteiger partial charge in [0.1, 0.15) is 0 Å². The first kappa shape index (κ1) is 13.1. The molecule has 1 aromatic carbocycles. The van der Waals surface area contributed by atoms with Crippen molar-refractivity contribution in [1.29, 1.82) is 0 Å². The molecule has 0 aliphatic rings. The summed E-state index contributed by atoms with van der Waals surface area (Å²) >= 11 is 0. The molecule has 0 aromatic heterocycles. The molecule has 5 nitrogen and oxygen atoms in total. The number of hydrogen-bond acceptors (Lipinski definition) is 4. The first-order valence-electron chi connectivity index (χ1n) is 4.73. The second-order valence-corrected chi connectivity index (χ2v) is 4.93. The van der Waals surface area contributed by atoms with Crippen LogP contribution in [0.5, 0.6) is 0 Å². The molecule has 1 aromatic rings. The number of aliphatic hydroxyl groups is 2. The van der Waals surface area contributed by atoms with Crippen molar-refractivity contribution in [3.8, 4) is 0 Å². The van der Waals surface area contributed by atoms with E-state index in [0.29, 0.717) is 5.56 Å². The Bertz CT molecular complexity index is 466. The summed E-state index contributed by atoms with van der Waals surface area (Å²) < 4.78 is 31.2. The Morgan fingerprint density at radius 2 is 2.00 bits per heavy atom. The fraction of sp³-hybridized carbons (Fsp3) is 0.400. The maximum absolute atomic E-state index is 11.1. The number of rotatable bonds is 4. The molecule has 0 spiro atoms. The predicted molar refractivity (Wildman–Crippen MR) is 57.7 cm³/mol. The van der Waals surface area contributed by atoms with Gasteiger partial charge in [-0.05, 0) is 18.6 Å². The molecule has 0 saturated heterocycles. The zero-order chi connectivity index (χ0) is 12.3. The molecule has 1 atom stereocenters. The molecular formula is C10H14O5S. The van der Waals surface area contributed by atoms with Crippen LogP contribution in [0.4, 0.5) is 0 Å². The van der Waals surface area contributed by atoms with Crippen LogP contribution in [-0.2, 0) is 10.1 Å². The van der Waals surface area contributed by atoms with Crippen molar-refractivity contribution in [1.82, 2.24) is 0 Å². The number of hydrogen-bond donors (Lipinski definition) is 3. The maximum atomic E-state index is 11.1. The summed E-state index contributed by atoms with van der Waals surface area (Å²) in [7, 11) is -4.36. The van der Waals surface area contributed by atoms with E-state index in [9.17, 15) is 13.5 Å². The van der Waals surface area contributed by atoms with E-state index in [4.69, 9.17) is 9.66 Å². The van der Waals surface area contributed by atoms with Crippen molar-refractivity contribution in [3.63, 3.8) is 0 Å². The highest BCUT2D eigenvalue weighted by molar-refractivity contribution is 7.85. The van der Waals surface area contributed by atoms with Crippen molar-refractivity contribution in [2.24, 2.45) is 0 Å². The highest BCUT2D eigenvalue weighted by atomic mass is 32.2. The third kappa shape index (κ3) is 3.02. The Morgan fingerprint density at radius 3 is 2.50 bits per heavy atom. The van der Waals surface area contributed by atoms with Crippen molar-refractivity contribution in [2.75, 3.05) is 6.61 Å². The lowest BCUT2D eigenvalue weighted by Gasteiger charge is -2.13. The molecule has 0 bridgehead atoms. The molecule has 90 valence electrons. The van der Waals surface area contributed by atoms with Crippen LogP contribution >= 0.6 is 0 Å². The smallest absolute Gasteiger partial charge is 0.294 e. The molecule has 1 rings (SSSR count). The highest BCUT2D eigenvalue weighted by Crippen LogP contribution is 2.25. The second kappa shape index (κ2) is 4.92. The lowest BCUT2D eigenvalue weighted by molar-refractivity contribution is 0.131. The number of aliphatic hydroxyl groups excluding tert-OH is 2. The van der Waals surface area contributed by atoms with Crippen LogP contribution in [0.15, 0.2) is 23.1 Å². The zero-order valence-electron chi connectivity index (χ0n) is 8.79. The van der Waals surface area contributed by atoms with Gasteiger partial charge >= 0.3 is 0 Å². The van der Waals surface area contributed by atoms with Gasteiger partial charge in [-0.1, -0.05) is 12.1 Å². The summed E-state index contributed by atoms with van der Waals surface area (Å²) in [5, 5.41) is 18.3. The molecule has 0 aliphatic carbocycles. The van der Waals surface area contributed by atoms with E-state index in [2.05, 4.69) is 0 Å². The first-order chi connectivity index (χ1) is 7.36. The molecule has 0 aliphatic heterocycles. The summed E-state index contributed by atoms with van der Waals surface area (Å²) in [4.78, 5) is -0.312. The normalized spacial score (nSPS) is 13.8. The second-order valence-electron chi connectivity index (χ2n) is 3.54. The Kier molecular flexibility index (Phi) is 4.03. The quantitative estimate of drug-likeness (QED) is 0.678. The highest BCUT2D eigenvalue weighted by Gasteiger charge is 2.20. The Balaban J connectivity index is 3.29. The van der Waals surface area contributed by atoms with Gasteiger partial charge in [0.2, 0.25) is 0 Å². The Morgan fingerprint density at radius 1 is 1.38 bits per heavy atom. The third-order valence-electron chi connectivity index (χ3n) is 2.21. The van der Waals surface area contributed by atoms with E-state index >= 15 is 0 Å². The van der Waals surface area contributed by atoms with Crippen LogP contribution in [0.25, 0.3) is 0 Å². The van der Waals surface area contributed by atoms with E-state index in [1.54, 1.807) is 13.0 Å². The minimum atomic E-state index is -4.36. The van der Waals surface area contributed by atoms with Gasteiger partial charge in [0.05, 0.1) is 11.0 Å². The SMILES string of the molecule is Cc1ccc(C(O)CCO)c(S(=O)(=O)O)c1. The monoisotopic (exact) mass is 246 g/mol. The van der Waals surface area contributed by atoms with Gasteiger partial charge in [-0.3, -0.25) is 4.55 Å². The lowest BCUT2D eigenvalue weighted by Crippen LogP contribution is -2.09. The molecular weight excluding hydrogens is 232 g/mol. The summed E-state index contributed by atoms with van der Waals surface area (Å²) in [6.07, 6.45) is -1.09. The third-order valence-corrected chi connectivity index (χ3v) is 3.12. The molecule has 0 saturated carbocycles. The molecule has 6 heteroatoms. The van der Waals surface area contributed by atoms with Gasteiger partial charge in [0.25, 0.3) is 10.1 Å². The number of benzene rings is 1. The molecule has 16 heavy (non-hydrogen) atoms. The van der Waals surface area contributed by atoms with Gasteiger partial charge in [0.15, 0.2) is 0 Å². The van der Waals surface area contributed by atoms with Crippen LogP contribution in [0.2, 0.25) is 0 Å². The average Bonchev–Trinajstić information content (AvgIpc) is 2.16. The molecule has 0 fully saturated rings. The molecule has 1 unspecified atom stereocenters. The minimum absolute atomic E-state index is 0.0194. The van der Waals surface area contributed by atoms with Gasteiger partial charge in [-0.25, -0.2) is 0 Å². The predicted octanol–water partition coefficient (Wildman–Crippen LogP) is 0.658. The van der Waals surface area contributed by atoms with Gasteiger partial charge in [-0.15, -0.1) is 0 Å². The van der Waals surface area contributed by atoms with Gasteiger partial charge < -0.3 is 10.2 Å². The summed E-state index contributed by atoms with van der Waals surface area (Å²) in [5.41, 5.74) is 0.759. The van der Waals surface area contributed by atoms with Crippen LogP contribution in [0.1, 0.15) is 23.7 Å². The van der Waals surface area contributed by atoms with Crippen molar-refractivity contribution < 1.29 is 23.2 Å². The van der Waals surface area contributed by atoms with E-state index in [0.717, 1.165) is 0 Å². The van der Waals surface area contributed by atoms with E-state index < -0.39 is 16.2 Å². The summed E-state index contributed by atoms with van der Waals surface area (Å²) in [6.45, 7) is 1.41. The fourth-order valence-electron chi connectivity index (χ4n) is 1.42. The van der Waals surface area contributed by atoms with Crippen molar-refractivity contribution >= 4 is 10.1 Å². The molecule has 0 radical (unpaired) electrons. The van der Waals surface area contributed by atoms with E-state index in [1.165, 1.54) is 12.1 Å². The van der Waals surface area contributed by atoms with E-state index in [-0.39, 0.29) is 23.5 Å². The Hall–Kier alpha value is -0.950. The van der Waals surface area contributed by atoms with Gasteiger partial charge in [-0.2, -0.15) is 8.42 Å². The van der Waals surface area contributed by atoms with Crippen LogP contribution in [0.3, 0.4) is 0 Å². The van der Waals surface area contributed by atoms with Crippen LogP contribution in [-0.4, -0.2) is 29.8 Å². The maximum Gasteiger partial charge on any atom is 0.294 e. The number of aryl methyl sites for hydroxylation is 1. The summed E-state index contributed by atoms with van der Waals surface area (Å²) in [6, 6.07) is 4.34. The van der Waals surface area contributed by atoms with E-state index in [1.807, 2.05) is 0 Å². The summed E-state index contributed by atoms with van der Waals surface area (Å²) in [5.74, 6) is 0. The fourth-order valence-corrected chi connectivity index (χ4v) is 2.25. The molecule has 3 N–H and O–H groups in total. The van der Waals surface area contributed by atoms with Crippen LogP contribution in [0, 0.1) is 6.92 Å². The average molecular weight is 246 g/mol. The standard InChI is InChI=1S/C10H14O5S/c1-7-2-3-8(9(12)4-5-11)10(6-7)16(13,14)15/h2-3,6,9,11-12H,4-5H2,1H3,(H,13,14,15). The minimum Gasteiger partial charge on any atom is -0.396 e. The zero-order valence-corrected chi connectivity index (χ0v) is 9.61. The lowest BCUT2D eigenvalue weighted by atomic mass is 10.1. The topological polar surface area (TPSA) is 94.8 Å². The molecule has 0 amide bonds. The van der Waals surface area contributed by atoms with Crippen molar-refractivity contribution in [3.05, 3.63) is 29.3 Å².